The molecule has 1 heterocycles. The summed E-state index contributed by atoms with van der Waals surface area (Å²) in [5.74, 6) is -0.692. The fourth-order valence-corrected chi connectivity index (χ4v) is 4.92. The van der Waals surface area contributed by atoms with E-state index in [1.807, 2.05) is 18.2 Å². The molecule has 3 aromatic rings. The first kappa shape index (κ1) is 24.2. The lowest BCUT2D eigenvalue weighted by Crippen LogP contribution is -2.47. The van der Waals surface area contributed by atoms with Crippen molar-refractivity contribution in [1.82, 2.24) is 4.72 Å². The van der Waals surface area contributed by atoms with E-state index < -0.39 is 28.0 Å². The largest absolute Gasteiger partial charge is 0.495 e. The molecule has 1 atom stereocenters. The minimum Gasteiger partial charge on any atom is -0.495 e. The first-order valence-corrected chi connectivity index (χ1v) is 12.2. The van der Waals surface area contributed by atoms with Crippen molar-refractivity contribution in [1.29, 1.82) is 0 Å². The van der Waals surface area contributed by atoms with Gasteiger partial charge in [-0.25, -0.2) is 17.9 Å². The first-order valence-electron chi connectivity index (χ1n) is 10.7. The van der Waals surface area contributed by atoms with E-state index in [2.05, 4.69) is 4.72 Å². The van der Waals surface area contributed by atoms with Crippen LogP contribution in [0.4, 0.5) is 5.69 Å². The number of carbonyl (C=O) groups is 2. The standard InChI is InChI=1S/C25H24N2O7S/c1-32-21-13-12-18(14-23(21)35(30,31)26-15-17-8-4-3-5-9-17)24(28)27-16-22(25(29)33-2)34-20-11-7-6-10-19(20)27/h3-14,22,26H,15-16H2,1-2H3/t22-/m1/s1. The number of hydrogen-bond donors (Lipinski definition) is 1. The maximum Gasteiger partial charge on any atom is 0.348 e. The number of nitrogens with one attached hydrogen (secondary N) is 1. The Morgan fingerprint density at radius 2 is 1.74 bits per heavy atom. The summed E-state index contributed by atoms with van der Waals surface area (Å²) in [6.07, 6.45) is -1.02. The van der Waals surface area contributed by atoms with Crippen LogP contribution in [0.5, 0.6) is 11.5 Å². The van der Waals surface area contributed by atoms with Crippen LogP contribution in [-0.2, 0) is 26.1 Å². The molecule has 0 saturated heterocycles. The maximum atomic E-state index is 13.5. The molecule has 35 heavy (non-hydrogen) atoms. The Morgan fingerprint density at radius 1 is 1.03 bits per heavy atom. The van der Waals surface area contributed by atoms with Gasteiger partial charge in [0.15, 0.2) is 0 Å². The van der Waals surface area contributed by atoms with Crippen LogP contribution < -0.4 is 19.1 Å². The second-order valence-electron chi connectivity index (χ2n) is 7.69. The molecule has 0 spiro atoms. The fourth-order valence-electron chi connectivity index (χ4n) is 3.71. The van der Waals surface area contributed by atoms with Crippen LogP contribution in [0.2, 0.25) is 0 Å². The van der Waals surface area contributed by atoms with Gasteiger partial charge in [0.2, 0.25) is 16.1 Å². The van der Waals surface area contributed by atoms with Gasteiger partial charge in [-0.05, 0) is 35.9 Å². The number of fused-ring (bicyclic) bond motifs is 1. The Balaban J connectivity index is 1.67. The highest BCUT2D eigenvalue weighted by Gasteiger charge is 2.35. The molecular weight excluding hydrogens is 472 g/mol. The molecule has 0 aliphatic carbocycles. The minimum atomic E-state index is -4.02. The highest BCUT2D eigenvalue weighted by atomic mass is 32.2. The summed E-state index contributed by atoms with van der Waals surface area (Å²) >= 11 is 0. The van der Waals surface area contributed by atoms with Gasteiger partial charge in [-0.2, -0.15) is 0 Å². The van der Waals surface area contributed by atoms with Gasteiger partial charge in [0.05, 0.1) is 26.5 Å². The van der Waals surface area contributed by atoms with E-state index in [4.69, 9.17) is 14.2 Å². The van der Waals surface area contributed by atoms with Crippen LogP contribution in [-0.4, -0.2) is 47.2 Å². The van der Waals surface area contributed by atoms with Gasteiger partial charge in [0.25, 0.3) is 5.91 Å². The second kappa shape index (κ2) is 10.2. The molecule has 0 saturated carbocycles. The highest BCUT2D eigenvalue weighted by Crippen LogP contribution is 2.35. The summed E-state index contributed by atoms with van der Waals surface area (Å²) in [7, 11) is -1.43. The van der Waals surface area contributed by atoms with Gasteiger partial charge in [-0.3, -0.25) is 4.79 Å². The first-order chi connectivity index (χ1) is 16.8. The summed E-state index contributed by atoms with van der Waals surface area (Å²) in [5, 5.41) is 0. The Bertz CT molecular complexity index is 1340. The molecule has 10 heteroatoms. The summed E-state index contributed by atoms with van der Waals surface area (Å²) < 4.78 is 44.5. The monoisotopic (exact) mass is 496 g/mol. The van der Waals surface area contributed by atoms with E-state index >= 15 is 0 Å². The number of anilines is 1. The number of benzene rings is 3. The molecule has 0 radical (unpaired) electrons. The van der Waals surface area contributed by atoms with Crippen molar-refractivity contribution in [2.75, 3.05) is 25.7 Å². The lowest BCUT2D eigenvalue weighted by molar-refractivity contribution is -0.148. The molecule has 0 aromatic heterocycles. The van der Waals surface area contributed by atoms with E-state index in [1.54, 1.807) is 36.4 Å². The van der Waals surface area contributed by atoms with Crippen LogP contribution in [0.15, 0.2) is 77.7 Å². The molecule has 0 fully saturated rings. The zero-order chi connectivity index (χ0) is 25.0. The van der Waals surface area contributed by atoms with E-state index in [0.29, 0.717) is 11.4 Å². The third-order valence-electron chi connectivity index (χ3n) is 5.49. The Hall–Kier alpha value is -3.89. The third kappa shape index (κ3) is 5.13. The van der Waals surface area contributed by atoms with Crippen molar-refractivity contribution in [3.8, 4) is 11.5 Å². The normalized spacial score (nSPS) is 15.0. The molecule has 0 bridgehead atoms. The second-order valence-corrected chi connectivity index (χ2v) is 9.42. The van der Waals surface area contributed by atoms with Gasteiger partial charge in [0.1, 0.15) is 16.4 Å². The van der Waals surface area contributed by atoms with Gasteiger partial charge in [-0.1, -0.05) is 42.5 Å². The van der Waals surface area contributed by atoms with Crippen molar-refractivity contribution < 1.29 is 32.2 Å². The molecule has 1 N–H and O–H groups in total. The number of amides is 1. The van der Waals surface area contributed by atoms with E-state index in [0.717, 1.165) is 5.56 Å². The topological polar surface area (TPSA) is 111 Å². The van der Waals surface area contributed by atoms with E-state index in [-0.39, 0.29) is 29.3 Å². The molecule has 4 rings (SSSR count). The number of esters is 1. The van der Waals surface area contributed by atoms with Crippen LogP contribution in [0.1, 0.15) is 15.9 Å². The average molecular weight is 497 g/mol. The highest BCUT2D eigenvalue weighted by molar-refractivity contribution is 7.89. The maximum absolute atomic E-state index is 13.5. The predicted octanol–water partition coefficient (Wildman–Crippen LogP) is 2.75. The van der Waals surface area contributed by atoms with E-state index in [1.165, 1.54) is 37.3 Å². The molecule has 3 aromatic carbocycles. The number of nitrogens with zero attached hydrogens (tertiary/aromatic N) is 1. The summed E-state index contributed by atoms with van der Waals surface area (Å²) in [6, 6.07) is 20.0. The van der Waals surface area contributed by atoms with Crippen LogP contribution >= 0.6 is 0 Å². The van der Waals surface area contributed by atoms with Gasteiger partial charge < -0.3 is 19.1 Å². The molecule has 1 aliphatic heterocycles. The summed E-state index contributed by atoms with van der Waals surface area (Å²) in [6.45, 7) is -0.0228. The third-order valence-corrected chi connectivity index (χ3v) is 6.91. The summed E-state index contributed by atoms with van der Waals surface area (Å²) in [4.78, 5) is 26.9. The SMILES string of the molecule is COC(=O)[C@H]1CN(C(=O)c2ccc(OC)c(S(=O)(=O)NCc3ccccc3)c2)c2ccccc2O1. The Labute approximate surface area is 203 Å². The number of hydrogen-bond acceptors (Lipinski definition) is 7. The van der Waals surface area contributed by atoms with Crippen LogP contribution in [0.3, 0.4) is 0 Å². The predicted molar refractivity (Wildman–Crippen MR) is 128 cm³/mol. The van der Waals surface area contributed by atoms with Crippen molar-refractivity contribution in [3.63, 3.8) is 0 Å². The van der Waals surface area contributed by atoms with Gasteiger partial charge in [-0.15, -0.1) is 0 Å². The molecule has 1 aliphatic rings. The number of carbonyl (C=O) groups excluding carboxylic acids is 2. The van der Waals surface area contributed by atoms with Crippen LogP contribution in [0, 0.1) is 0 Å². The number of rotatable bonds is 7. The molecule has 1 amide bonds. The van der Waals surface area contributed by atoms with Crippen molar-refractivity contribution >= 4 is 27.6 Å². The summed E-state index contributed by atoms with van der Waals surface area (Å²) in [5.41, 5.74) is 1.34. The molecule has 9 nitrogen and oxygen atoms in total. The zero-order valence-electron chi connectivity index (χ0n) is 19.1. The molecule has 0 unspecified atom stereocenters. The lowest BCUT2D eigenvalue weighted by Gasteiger charge is -2.33. The van der Waals surface area contributed by atoms with Crippen molar-refractivity contribution in [2.24, 2.45) is 0 Å². The molecule has 182 valence electrons. The van der Waals surface area contributed by atoms with Crippen LogP contribution in [0.25, 0.3) is 0 Å². The minimum absolute atomic E-state index is 0.0716. The number of sulfonamides is 1. The fraction of sp³-hybridized carbons (Fsp3) is 0.200. The Kier molecular flexibility index (Phi) is 7.04. The molecular formula is C25H24N2O7S. The van der Waals surface area contributed by atoms with Crippen molar-refractivity contribution in [2.45, 2.75) is 17.5 Å². The number of ether oxygens (including phenoxy) is 3. The Morgan fingerprint density at radius 3 is 2.46 bits per heavy atom. The zero-order valence-corrected chi connectivity index (χ0v) is 19.9. The van der Waals surface area contributed by atoms with Crippen molar-refractivity contribution in [3.05, 3.63) is 83.9 Å². The lowest BCUT2D eigenvalue weighted by atomic mass is 10.1. The number of methoxy groups -OCH3 is 2. The smallest absolute Gasteiger partial charge is 0.348 e. The van der Waals surface area contributed by atoms with Gasteiger partial charge >= 0.3 is 5.97 Å². The number of para-hydroxylation sites is 2. The van der Waals surface area contributed by atoms with E-state index in [9.17, 15) is 18.0 Å². The average Bonchev–Trinajstić information content (AvgIpc) is 2.90. The quantitative estimate of drug-likeness (QED) is 0.501. The van der Waals surface area contributed by atoms with Gasteiger partial charge in [0, 0.05) is 12.1 Å².